The molecule has 0 aliphatic rings. The van der Waals surface area contributed by atoms with E-state index in [1.54, 1.807) is 19.9 Å². The molecule has 0 atom stereocenters. The van der Waals surface area contributed by atoms with Gasteiger partial charge in [-0.2, -0.15) is 0 Å². The van der Waals surface area contributed by atoms with Gasteiger partial charge in [0.25, 0.3) is 0 Å². The molecule has 1 aromatic rings. The van der Waals surface area contributed by atoms with Gasteiger partial charge in [-0.05, 0) is 25.5 Å². The number of aldehydes is 1. The number of nitrogens with zero attached hydrogens (tertiary/aromatic N) is 1. The van der Waals surface area contributed by atoms with E-state index in [2.05, 4.69) is 4.98 Å². The van der Waals surface area contributed by atoms with Crippen LogP contribution in [0.2, 0.25) is 0 Å². The summed E-state index contributed by atoms with van der Waals surface area (Å²) >= 11 is 0. The zero-order valence-corrected chi connectivity index (χ0v) is 8.11. The van der Waals surface area contributed by atoms with Gasteiger partial charge in [-0.25, -0.2) is 9.78 Å². The Morgan fingerprint density at radius 3 is 2.86 bits per heavy atom. The van der Waals surface area contributed by atoms with Gasteiger partial charge in [0.05, 0.1) is 6.61 Å². The third kappa shape index (κ3) is 2.16. The van der Waals surface area contributed by atoms with Crippen molar-refractivity contribution in [3.63, 3.8) is 0 Å². The number of aryl methyl sites for hydroxylation is 1. The lowest BCUT2D eigenvalue weighted by Gasteiger charge is -2.03. The molecule has 1 heterocycles. The number of hydrogen-bond donors (Lipinski definition) is 0. The van der Waals surface area contributed by atoms with Crippen LogP contribution in [-0.4, -0.2) is 23.8 Å². The monoisotopic (exact) mass is 193 g/mol. The van der Waals surface area contributed by atoms with Crippen LogP contribution < -0.4 is 0 Å². The van der Waals surface area contributed by atoms with Crippen LogP contribution in [0.15, 0.2) is 12.3 Å². The van der Waals surface area contributed by atoms with E-state index in [-0.39, 0.29) is 5.69 Å². The summed E-state index contributed by atoms with van der Waals surface area (Å²) in [6.07, 6.45) is 2.04. The highest BCUT2D eigenvalue weighted by molar-refractivity contribution is 5.89. The lowest BCUT2D eigenvalue weighted by molar-refractivity contribution is 0.0518. The van der Waals surface area contributed by atoms with Gasteiger partial charge in [0.2, 0.25) is 0 Å². The van der Waals surface area contributed by atoms with Gasteiger partial charge in [0.1, 0.15) is 0 Å². The third-order valence-corrected chi connectivity index (χ3v) is 1.70. The van der Waals surface area contributed by atoms with Crippen LogP contribution in [0.1, 0.15) is 33.3 Å². The number of ether oxygens (including phenoxy) is 1. The molecule has 14 heavy (non-hydrogen) atoms. The Morgan fingerprint density at radius 1 is 1.64 bits per heavy atom. The average Bonchev–Trinajstić information content (AvgIpc) is 2.17. The van der Waals surface area contributed by atoms with Crippen LogP contribution in [0, 0.1) is 6.92 Å². The summed E-state index contributed by atoms with van der Waals surface area (Å²) in [4.78, 5) is 25.6. The number of esters is 1. The second-order valence-corrected chi connectivity index (χ2v) is 2.77. The number of rotatable bonds is 3. The average molecular weight is 193 g/mol. The van der Waals surface area contributed by atoms with Gasteiger partial charge in [0.15, 0.2) is 12.0 Å². The van der Waals surface area contributed by atoms with E-state index in [4.69, 9.17) is 4.74 Å². The maximum absolute atomic E-state index is 11.3. The van der Waals surface area contributed by atoms with Crippen molar-refractivity contribution in [1.82, 2.24) is 4.98 Å². The molecule has 1 aromatic heterocycles. The number of carbonyl (C=O) groups excluding carboxylic acids is 2. The zero-order valence-electron chi connectivity index (χ0n) is 8.11. The number of hydrogen-bond acceptors (Lipinski definition) is 4. The molecular formula is C10H11NO3. The molecule has 4 nitrogen and oxygen atoms in total. The van der Waals surface area contributed by atoms with Crippen LogP contribution in [-0.2, 0) is 4.74 Å². The van der Waals surface area contributed by atoms with Gasteiger partial charge in [-0.3, -0.25) is 4.79 Å². The molecule has 0 unspecified atom stereocenters. The van der Waals surface area contributed by atoms with Crippen LogP contribution in [0.5, 0.6) is 0 Å². The Kier molecular flexibility index (Phi) is 3.34. The molecule has 74 valence electrons. The van der Waals surface area contributed by atoms with E-state index < -0.39 is 5.97 Å². The lowest BCUT2D eigenvalue weighted by atomic mass is 10.1. The zero-order chi connectivity index (χ0) is 10.6. The fraction of sp³-hybridized carbons (Fsp3) is 0.300. The molecule has 1 rings (SSSR count). The largest absolute Gasteiger partial charge is 0.461 e. The number of carbonyl (C=O) groups is 2. The fourth-order valence-corrected chi connectivity index (χ4v) is 1.07. The van der Waals surface area contributed by atoms with Crippen LogP contribution >= 0.6 is 0 Å². The Labute approximate surface area is 81.9 Å². The summed E-state index contributed by atoms with van der Waals surface area (Å²) in [6.45, 7) is 3.76. The minimum atomic E-state index is -0.456. The molecule has 0 aliphatic heterocycles. The molecule has 4 heteroatoms. The van der Waals surface area contributed by atoms with E-state index in [1.165, 1.54) is 6.20 Å². The highest BCUT2D eigenvalue weighted by atomic mass is 16.5. The second kappa shape index (κ2) is 4.50. The van der Waals surface area contributed by atoms with Crippen molar-refractivity contribution in [2.75, 3.05) is 6.61 Å². The molecule has 0 saturated carbocycles. The second-order valence-electron chi connectivity index (χ2n) is 2.77. The van der Waals surface area contributed by atoms with Gasteiger partial charge in [-0.15, -0.1) is 0 Å². The molecule has 0 aliphatic carbocycles. The maximum atomic E-state index is 11.3. The summed E-state index contributed by atoms with van der Waals surface area (Å²) < 4.78 is 4.79. The minimum Gasteiger partial charge on any atom is -0.461 e. The van der Waals surface area contributed by atoms with Gasteiger partial charge < -0.3 is 4.74 Å². The Balaban J connectivity index is 2.99. The van der Waals surface area contributed by atoms with Crippen molar-refractivity contribution in [2.24, 2.45) is 0 Å². The first-order valence-electron chi connectivity index (χ1n) is 4.28. The molecule has 0 spiro atoms. The first-order chi connectivity index (χ1) is 6.69. The molecule has 0 saturated heterocycles. The van der Waals surface area contributed by atoms with Crippen LogP contribution in [0.4, 0.5) is 0 Å². The molecule has 0 fully saturated rings. The number of aromatic nitrogens is 1. The number of pyridine rings is 1. The van der Waals surface area contributed by atoms with Crippen molar-refractivity contribution in [1.29, 1.82) is 0 Å². The van der Waals surface area contributed by atoms with Crippen molar-refractivity contribution in [3.8, 4) is 0 Å². The SMILES string of the molecule is CCOC(=O)c1ncc(C=O)cc1C. The molecule has 0 amide bonds. The Hall–Kier alpha value is -1.71. The topological polar surface area (TPSA) is 56.3 Å². The van der Waals surface area contributed by atoms with E-state index in [0.29, 0.717) is 24.0 Å². The maximum Gasteiger partial charge on any atom is 0.357 e. The van der Waals surface area contributed by atoms with Gasteiger partial charge in [-0.1, -0.05) is 0 Å². The van der Waals surface area contributed by atoms with Crippen molar-refractivity contribution in [2.45, 2.75) is 13.8 Å². The summed E-state index contributed by atoms with van der Waals surface area (Å²) in [5.74, 6) is -0.456. The standard InChI is InChI=1S/C10H11NO3/c1-3-14-10(13)9-7(2)4-8(6-12)5-11-9/h4-6H,3H2,1-2H3. The van der Waals surface area contributed by atoms with Crippen molar-refractivity contribution in [3.05, 3.63) is 29.1 Å². The normalized spacial score (nSPS) is 9.57. The lowest BCUT2D eigenvalue weighted by Crippen LogP contribution is -2.09. The highest BCUT2D eigenvalue weighted by Gasteiger charge is 2.11. The summed E-state index contributed by atoms with van der Waals surface area (Å²) in [5.41, 5.74) is 1.36. The molecule has 0 N–H and O–H groups in total. The minimum absolute atomic E-state index is 0.262. The van der Waals surface area contributed by atoms with Crippen LogP contribution in [0.3, 0.4) is 0 Å². The van der Waals surface area contributed by atoms with E-state index in [1.807, 2.05) is 0 Å². The van der Waals surface area contributed by atoms with Gasteiger partial charge >= 0.3 is 5.97 Å². The van der Waals surface area contributed by atoms with E-state index >= 15 is 0 Å². The van der Waals surface area contributed by atoms with Gasteiger partial charge in [0, 0.05) is 11.8 Å². The molecule has 0 radical (unpaired) electrons. The predicted molar refractivity (Wildman–Crippen MR) is 50.3 cm³/mol. The summed E-state index contributed by atoms with van der Waals surface area (Å²) in [5, 5.41) is 0. The Bertz CT molecular complexity index is 360. The fourth-order valence-electron chi connectivity index (χ4n) is 1.07. The quantitative estimate of drug-likeness (QED) is 0.537. The highest BCUT2D eigenvalue weighted by Crippen LogP contribution is 2.07. The van der Waals surface area contributed by atoms with E-state index in [0.717, 1.165) is 0 Å². The Morgan fingerprint density at radius 2 is 2.36 bits per heavy atom. The van der Waals surface area contributed by atoms with Crippen molar-refractivity contribution < 1.29 is 14.3 Å². The van der Waals surface area contributed by atoms with Crippen LogP contribution in [0.25, 0.3) is 0 Å². The predicted octanol–water partition coefficient (Wildman–Crippen LogP) is 1.38. The molecular weight excluding hydrogens is 182 g/mol. The summed E-state index contributed by atoms with van der Waals surface area (Å²) in [6, 6.07) is 1.60. The molecule has 0 bridgehead atoms. The third-order valence-electron chi connectivity index (χ3n) is 1.70. The van der Waals surface area contributed by atoms with Crippen molar-refractivity contribution >= 4 is 12.3 Å². The molecule has 0 aromatic carbocycles. The smallest absolute Gasteiger partial charge is 0.357 e. The van der Waals surface area contributed by atoms with E-state index in [9.17, 15) is 9.59 Å². The summed E-state index contributed by atoms with van der Waals surface area (Å²) in [7, 11) is 0. The first kappa shape index (κ1) is 10.4. The first-order valence-corrected chi connectivity index (χ1v) is 4.28.